The van der Waals surface area contributed by atoms with Crippen LogP contribution in [0.5, 0.6) is 0 Å². The minimum Gasteiger partial charge on any atom is -0.462 e. The van der Waals surface area contributed by atoms with Crippen LogP contribution in [-0.2, 0) is 23.8 Å². The maximum Gasteiger partial charge on any atom is 0.340 e. The fourth-order valence-corrected chi connectivity index (χ4v) is 9.89. The summed E-state index contributed by atoms with van der Waals surface area (Å²) in [6.45, 7) is 4.24. The summed E-state index contributed by atoms with van der Waals surface area (Å²) in [5, 5.41) is 22.5. The largest absolute Gasteiger partial charge is 0.462 e. The minimum absolute atomic E-state index is 0.00169. The number of allylic oxidation sites excluding steroid dienone is 2. The van der Waals surface area contributed by atoms with Crippen molar-refractivity contribution in [1.82, 2.24) is 4.58 Å². The van der Waals surface area contributed by atoms with Gasteiger partial charge in [0.05, 0.1) is 24.9 Å². The first kappa shape index (κ1) is 46.3. The molecule has 13 heteroatoms. The molecule has 4 aromatic carbocycles. The lowest BCUT2D eigenvalue weighted by Gasteiger charge is -2.47. The molecule has 2 saturated carbocycles. The topological polar surface area (TPSA) is 154 Å². The molecule has 0 bridgehead atoms. The maximum atomic E-state index is 14.4. The van der Waals surface area contributed by atoms with Crippen LogP contribution < -0.4 is 9.48 Å². The third-order valence-corrected chi connectivity index (χ3v) is 13.0. The number of para-hydroxylation sites is 4. The molecule has 9 atom stereocenters. The summed E-state index contributed by atoms with van der Waals surface area (Å²) >= 11 is 0. The zero-order valence-corrected chi connectivity index (χ0v) is 36.8. The molecule has 8 rings (SSSR count). The number of cyclic esters (lactones) is 1. The van der Waals surface area contributed by atoms with E-state index in [4.69, 9.17) is 14.2 Å². The summed E-state index contributed by atoms with van der Waals surface area (Å²) < 4.78 is 19.0. The first-order valence-corrected chi connectivity index (χ1v) is 22.5. The number of hydrogen-bond acceptors (Lipinski definition) is 9. The van der Waals surface area contributed by atoms with Crippen molar-refractivity contribution in [1.29, 1.82) is 0 Å². The van der Waals surface area contributed by atoms with E-state index in [0.29, 0.717) is 45.1 Å². The Morgan fingerprint density at radius 1 is 0.815 bits per heavy atom. The number of benzene rings is 4. The highest BCUT2D eigenvalue weighted by molar-refractivity contribution is 6.02. The molecule has 3 aliphatic carbocycles. The summed E-state index contributed by atoms with van der Waals surface area (Å²) in [7, 11) is 0. The van der Waals surface area contributed by atoms with Gasteiger partial charge in [-0.2, -0.15) is 0 Å². The van der Waals surface area contributed by atoms with Gasteiger partial charge in [0.1, 0.15) is 6.10 Å². The number of ether oxygens (including phenoxy) is 3. The quantitative estimate of drug-likeness (QED) is 0.0229. The average Bonchev–Trinajstić information content (AvgIpc) is 3.62. The number of amides is 1. The summed E-state index contributed by atoms with van der Waals surface area (Å²) in [6, 6.07) is 38.0. The van der Waals surface area contributed by atoms with Crippen LogP contribution in [0.3, 0.4) is 0 Å². The van der Waals surface area contributed by atoms with Crippen molar-refractivity contribution < 1.29 is 33.6 Å². The number of nitrogens with zero attached hydrogens (tertiary/aromatic N) is 4. The van der Waals surface area contributed by atoms with Crippen LogP contribution in [0.2, 0.25) is 0 Å². The van der Waals surface area contributed by atoms with Gasteiger partial charge in [-0.25, -0.2) is 0 Å². The maximum absolute atomic E-state index is 14.4. The van der Waals surface area contributed by atoms with E-state index in [-0.39, 0.29) is 57.6 Å². The van der Waals surface area contributed by atoms with Gasteiger partial charge in [0.2, 0.25) is 29.4 Å². The standard InChI is InChI=1S/C26H28N2O5.C26H29N2O4/c1-16-23-22(26(30)33-16)15-17-14-20(28(31)32)12-13-21(17)24(23)25(29)27(18-8-4-2-5-9-18)19-10-6-3-7-11-19;1-22(32-18-9-11-23-10-8-16-26(20-23)28(29)30)17-19-31-21-27(24-12-4-2-5-13-24)25-14-6-3-7-15-25/h2-11,16-17,20-24H,12-15H2,1H3;2-7,9-15,17,19,21-22,26H,8,16,18,20H2,1H3/q;+1/b;11-9+,19-17?/t16-,17?,20-,21-,22-,23-,24+;22-,26?/m11/s1. The lowest BCUT2D eigenvalue weighted by Crippen LogP contribution is -2.52. The van der Waals surface area contributed by atoms with Crippen molar-refractivity contribution in [3.63, 3.8) is 0 Å². The number of carbonyl (C=O) groups excluding carboxylic acids is 2. The molecule has 4 aliphatic rings. The lowest BCUT2D eigenvalue weighted by molar-refractivity contribution is -0.529. The first-order valence-electron chi connectivity index (χ1n) is 22.5. The van der Waals surface area contributed by atoms with E-state index in [1.165, 1.54) is 0 Å². The Bertz CT molecular complexity index is 2280. The van der Waals surface area contributed by atoms with E-state index in [1.807, 2.05) is 158 Å². The van der Waals surface area contributed by atoms with Gasteiger partial charge in [-0.3, -0.25) is 34.7 Å². The fraction of sp³-hybridized carbons (Fsp3) is 0.365. The Morgan fingerprint density at radius 2 is 1.40 bits per heavy atom. The molecule has 0 N–H and O–H groups in total. The van der Waals surface area contributed by atoms with Crippen molar-refractivity contribution in [2.45, 2.75) is 83.1 Å². The molecule has 13 nitrogen and oxygen atoms in total. The Hall–Kier alpha value is -6.73. The number of hydrogen-bond donors (Lipinski definition) is 0. The summed E-state index contributed by atoms with van der Waals surface area (Å²) in [4.78, 5) is 50.9. The van der Waals surface area contributed by atoms with Gasteiger partial charge >= 0.3 is 12.4 Å². The SMILES string of the molecule is C[C@H](C=COC=[N+](c1ccccc1)c1ccccc1)OC/C=C/C1=CCCC([N+](=O)[O-])C1.C[C@H]1OC(=O)[C@@H]2CC3C[C@H]([N+](=O)[O-])CC[C@H]3[C@H](C(=O)N(c3ccccc3)c3ccccc3)[C@H]12. The van der Waals surface area contributed by atoms with E-state index in [0.717, 1.165) is 34.7 Å². The fourth-order valence-electron chi connectivity index (χ4n) is 9.89. The highest BCUT2D eigenvalue weighted by atomic mass is 16.6. The second kappa shape index (κ2) is 22.3. The highest BCUT2D eigenvalue weighted by Crippen LogP contribution is 2.54. The Morgan fingerprint density at radius 3 is 1.98 bits per heavy atom. The molecule has 4 aromatic rings. The van der Waals surface area contributed by atoms with Crippen LogP contribution in [0.1, 0.15) is 58.8 Å². The molecule has 0 spiro atoms. The van der Waals surface area contributed by atoms with Gasteiger partial charge in [-0.05, 0) is 80.9 Å². The molecule has 1 amide bonds. The van der Waals surface area contributed by atoms with Crippen LogP contribution in [-0.4, -0.2) is 59.0 Å². The lowest BCUT2D eigenvalue weighted by atomic mass is 9.56. The Labute approximate surface area is 380 Å². The molecule has 0 aromatic heterocycles. The first-order chi connectivity index (χ1) is 31.6. The molecule has 1 aliphatic heterocycles. The van der Waals surface area contributed by atoms with Crippen LogP contribution in [0.4, 0.5) is 22.7 Å². The number of esters is 1. The number of nitro groups is 2. The smallest absolute Gasteiger partial charge is 0.340 e. The zero-order chi connectivity index (χ0) is 45.7. The van der Waals surface area contributed by atoms with Crippen molar-refractivity contribution in [2.24, 2.45) is 29.6 Å². The molecule has 3 fully saturated rings. The van der Waals surface area contributed by atoms with Crippen molar-refractivity contribution >= 4 is 41.0 Å². The third-order valence-electron chi connectivity index (χ3n) is 13.0. The summed E-state index contributed by atoms with van der Waals surface area (Å²) in [5.74, 6) is -1.37. The van der Waals surface area contributed by atoms with Crippen molar-refractivity contribution in [3.05, 3.63) is 178 Å². The summed E-state index contributed by atoms with van der Waals surface area (Å²) in [6.07, 6.45) is 14.4. The van der Waals surface area contributed by atoms with E-state index < -0.39 is 18.0 Å². The average molecular weight is 882 g/mol. The zero-order valence-electron chi connectivity index (χ0n) is 36.8. The van der Waals surface area contributed by atoms with E-state index >= 15 is 0 Å². The molecular weight excluding hydrogens is 825 g/mol. The molecule has 65 heavy (non-hydrogen) atoms. The molecule has 338 valence electrons. The van der Waals surface area contributed by atoms with E-state index in [9.17, 15) is 29.8 Å². The molecule has 0 radical (unpaired) electrons. The normalized spacial score (nSPS) is 25.1. The van der Waals surface area contributed by atoms with E-state index in [2.05, 4.69) is 6.08 Å². The second-order valence-electron chi connectivity index (χ2n) is 17.2. The summed E-state index contributed by atoms with van der Waals surface area (Å²) in [5.41, 5.74) is 4.54. The van der Waals surface area contributed by atoms with Gasteiger partial charge in [0, 0.05) is 83.0 Å². The molecule has 1 saturated heterocycles. The Kier molecular flexibility index (Phi) is 15.8. The predicted molar refractivity (Wildman–Crippen MR) is 250 cm³/mol. The molecular formula is C52H57N4O9+. The second-order valence-corrected chi connectivity index (χ2v) is 17.2. The van der Waals surface area contributed by atoms with Crippen LogP contribution in [0.25, 0.3) is 0 Å². The van der Waals surface area contributed by atoms with Gasteiger partial charge in [-0.15, -0.1) is 4.58 Å². The van der Waals surface area contributed by atoms with Crippen LogP contribution in [0.15, 0.2) is 157 Å². The van der Waals surface area contributed by atoms with Gasteiger partial charge in [0.15, 0.2) is 0 Å². The predicted octanol–water partition coefficient (Wildman–Crippen LogP) is 10.4. The van der Waals surface area contributed by atoms with Crippen molar-refractivity contribution in [2.75, 3.05) is 11.5 Å². The van der Waals surface area contributed by atoms with Gasteiger partial charge in [0.25, 0.3) is 0 Å². The third kappa shape index (κ3) is 11.7. The monoisotopic (exact) mass is 881 g/mol. The highest BCUT2D eigenvalue weighted by Gasteiger charge is 2.59. The number of rotatable bonds is 14. The van der Waals surface area contributed by atoms with Crippen molar-refractivity contribution in [3.8, 4) is 0 Å². The van der Waals surface area contributed by atoms with Gasteiger partial charge < -0.3 is 14.2 Å². The number of anilines is 2. The molecule has 2 unspecified atom stereocenters. The van der Waals surface area contributed by atoms with Crippen LogP contribution >= 0.6 is 0 Å². The number of carbonyl (C=O) groups is 2. The molecule has 1 heterocycles. The van der Waals surface area contributed by atoms with Gasteiger partial charge in [-0.1, -0.05) is 91.0 Å². The Balaban J connectivity index is 0.000000194. The number of fused-ring (bicyclic) bond motifs is 2. The van der Waals surface area contributed by atoms with Crippen LogP contribution in [0, 0.1) is 49.8 Å². The van der Waals surface area contributed by atoms with E-state index in [1.54, 1.807) is 17.6 Å². The minimum atomic E-state index is -0.604.